The summed E-state index contributed by atoms with van der Waals surface area (Å²) in [5.74, 6) is 0.528. The number of hydrogen-bond acceptors (Lipinski definition) is 2. The number of carbonyl (C=O) groups is 2. The van der Waals surface area contributed by atoms with E-state index in [1.807, 2.05) is 6.92 Å². The third-order valence-electron chi connectivity index (χ3n) is 3.27. The fraction of sp³-hybridized carbons (Fsp3) is 0.600. The molecule has 2 aliphatic carbocycles. The molecule has 0 N–H and O–H groups in total. The number of fused-ring (bicyclic) bond motifs is 1. The first-order valence-corrected chi connectivity index (χ1v) is 5.38. The predicted octanol–water partition coefficient (Wildman–Crippen LogP) is 1.87. The zero-order chi connectivity index (χ0) is 9.64. The first-order chi connectivity index (χ1) is 6.05. The molecule has 0 aromatic rings. The normalized spacial score (nSPS) is 43.8. The van der Waals surface area contributed by atoms with E-state index in [-0.39, 0.29) is 27.7 Å². The molecule has 2 aliphatic rings. The first kappa shape index (κ1) is 9.13. The molecule has 0 amide bonds. The van der Waals surface area contributed by atoms with Crippen molar-refractivity contribution in [3.8, 4) is 0 Å². The maximum absolute atomic E-state index is 11.6. The smallest absolute Gasteiger partial charge is 0.169 e. The van der Waals surface area contributed by atoms with Crippen molar-refractivity contribution in [1.82, 2.24) is 0 Å². The molecular weight excluding hydrogens is 232 g/mol. The average Bonchev–Trinajstić information content (AvgIpc) is 2.39. The van der Waals surface area contributed by atoms with E-state index in [1.165, 1.54) is 0 Å². The van der Waals surface area contributed by atoms with Crippen molar-refractivity contribution in [3.63, 3.8) is 0 Å². The molecule has 1 saturated carbocycles. The van der Waals surface area contributed by atoms with Gasteiger partial charge in [0.1, 0.15) is 5.78 Å². The molecule has 2 nitrogen and oxygen atoms in total. The van der Waals surface area contributed by atoms with E-state index in [9.17, 15) is 9.59 Å². The van der Waals surface area contributed by atoms with E-state index >= 15 is 0 Å². The molecule has 13 heavy (non-hydrogen) atoms. The van der Waals surface area contributed by atoms with Crippen LogP contribution in [0, 0.1) is 11.3 Å². The lowest BCUT2D eigenvalue weighted by atomic mass is 9.73. The van der Waals surface area contributed by atoms with Gasteiger partial charge < -0.3 is 0 Å². The highest BCUT2D eigenvalue weighted by molar-refractivity contribution is 9.10. The van der Waals surface area contributed by atoms with Crippen molar-refractivity contribution < 1.29 is 9.59 Å². The first-order valence-electron chi connectivity index (χ1n) is 4.46. The van der Waals surface area contributed by atoms with Gasteiger partial charge in [-0.25, -0.2) is 0 Å². The summed E-state index contributed by atoms with van der Waals surface area (Å²) in [5, 5.41) is 0. The second-order valence-corrected chi connectivity index (χ2v) is 4.98. The Morgan fingerprint density at radius 3 is 2.92 bits per heavy atom. The van der Waals surface area contributed by atoms with E-state index in [2.05, 4.69) is 15.9 Å². The summed E-state index contributed by atoms with van der Waals surface area (Å²) in [5.41, 5.74) is -0.387. The molecule has 0 radical (unpaired) electrons. The zero-order valence-electron chi connectivity index (χ0n) is 7.42. The SMILES string of the molecule is CC12C=CC(=O)C(Br)C1CCC2=O. The molecule has 70 valence electrons. The van der Waals surface area contributed by atoms with Gasteiger partial charge in [-0.1, -0.05) is 22.0 Å². The van der Waals surface area contributed by atoms with E-state index in [1.54, 1.807) is 12.2 Å². The van der Waals surface area contributed by atoms with Gasteiger partial charge in [0.05, 0.1) is 4.83 Å². The average molecular weight is 243 g/mol. The third kappa shape index (κ3) is 1.13. The number of halogens is 1. The van der Waals surface area contributed by atoms with E-state index < -0.39 is 0 Å². The van der Waals surface area contributed by atoms with Crippen LogP contribution in [-0.2, 0) is 9.59 Å². The highest BCUT2D eigenvalue weighted by atomic mass is 79.9. The van der Waals surface area contributed by atoms with Gasteiger partial charge in [-0.2, -0.15) is 0 Å². The number of alkyl halides is 1. The summed E-state index contributed by atoms with van der Waals surface area (Å²) in [6.45, 7) is 1.93. The number of carbonyl (C=O) groups excluding carboxylic acids is 2. The predicted molar refractivity (Wildman–Crippen MR) is 52.7 cm³/mol. The second-order valence-electron chi connectivity index (χ2n) is 3.99. The van der Waals surface area contributed by atoms with Gasteiger partial charge in [-0.05, 0) is 25.3 Å². The quantitative estimate of drug-likeness (QED) is 0.608. The second kappa shape index (κ2) is 2.77. The third-order valence-corrected chi connectivity index (χ3v) is 4.36. The van der Waals surface area contributed by atoms with Gasteiger partial charge in [0.25, 0.3) is 0 Å². The van der Waals surface area contributed by atoms with Crippen LogP contribution in [0.25, 0.3) is 0 Å². The van der Waals surface area contributed by atoms with E-state index in [0.717, 1.165) is 6.42 Å². The van der Waals surface area contributed by atoms with Crippen molar-refractivity contribution in [2.75, 3.05) is 0 Å². The van der Waals surface area contributed by atoms with Crippen LogP contribution in [-0.4, -0.2) is 16.4 Å². The Morgan fingerprint density at radius 1 is 1.54 bits per heavy atom. The Balaban J connectivity index is 2.44. The van der Waals surface area contributed by atoms with Crippen molar-refractivity contribution in [3.05, 3.63) is 12.2 Å². The molecule has 0 aromatic carbocycles. The summed E-state index contributed by atoms with van der Waals surface area (Å²) < 4.78 is 0. The largest absolute Gasteiger partial charge is 0.299 e. The van der Waals surface area contributed by atoms with Crippen molar-refractivity contribution in [2.45, 2.75) is 24.6 Å². The van der Waals surface area contributed by atoms with Gasteiger partial charge in [0.2, 0.25) is 0 Å². The molecule has 3 heteroatoms. The summed E-state index contributed by atoms with van der Waals surface area (Å²) in [6, 6.07) is 0. The molecule has 0 saturated heterocycles. The highest BCUT2D eigenvalue weighted by Crippen LogP contribution is 2.47. The van der Waals surface area contributed by atoms with Crippen LogP contribution in [0.3, 0.4) is 0 Å². The fourth-order valence-electron chi connectivity index (χ4n) is 2.27. The fourth-order valence-corrected chi connectivity index (χ4v) is 3.24. The molecule has 0 aromatic heterocycles. The summed E-state index contributed by atoms with van der Waals surface area (Å²) in [4.78, 5) is 22.8. The van der Waals surface area contributed by atoms with Crippen molar-refractivity contribution >= 4 is 27.5 Å². The molecule has 0 aliphatic heterocycles. The van der Waals surface area contributed by atoms with E-state index in [0.29, 0.717) is 6.42 Å². The molecule has 0 bridgehead atoms. The molecule has 3 atom stereocenters. The monoisotopic (exact) mass is 242 g/mol. The van der Waals surface area contributed by atoms with Crippen LogP contribution >= 0.6 is 15.9 Å². The number of Topliss-reactive ketones (excluding diaryl/α,β-unsaturated/α-hetero) is 1. The molecule has 2 rings (SSSR count). The Kier molecular flexibility index (Phi) is 1.95. The number of allylic oxidation sites excluding steroid dienone is 2. The van der Waals surface area contributed by atoms with Gasteiger partial charge in [0.15, 0.2) is 5.78 Å². The lowest BCUT2D eigenvalue weighted by Gasteiger charge is -2.32. The van der Waals surface area contributed by atoms with Crippen LogP contribution in [0.15, 0.2) is 12.2 Å². The maximum Gasteiger partial charge on any atom is 0.169 e. The molecule has 0 heterocycles. The maximum atomic E-state index is 11.6. The lowest BCUT2D eigenvalue weighted by Crippen LogP contribution is -2.38. The van der Waals surface area contributed by atoms with Crippen LogP contribution in [0.5, 0.6) is 0 Å². The molecular formula is C10H11BrO2. The van der Waals surface area contributed by atoms with E-state index in [4.69, 9.17) is 0 Å². The van der Waals surface area contributed by atoms with Crippen molar-refractivity contribution in [1.29, 1.82) is 0 Å². The number of ketones is 2. The minimum atomic E-state index is -0.387. The minimum Gasteiger partial charge on any atom is -0.299 e. The molecule has 1 fully saturated rings. The summed E-state index contributed by atoms with van der Waals surface area (Å²) >= 11 is 3.37. The Morgan fingerprint density at radius 2 is 2.23 bits per heavy atom. The molecule has 3 unspecified atom stereocenters. The highest BCUT2D eigenvalue weighted by Gasteiger charge is 2.50. The molecule has 0 spiro atoms. The zero-order valence-corrected chi connectivity index (χ0v) is 9.00. The standard InChI is InChI=1S/C10H11BrO2/c1-10-5-4-7(12)9(11)6(10)2-3-8(10)13/h4-6,9H,2-3H2,1H3. The number of rotatable bonds is 0. The van der Waals surface area contributed by atoms with Crippen molar-refractivity contribution in [2.24, 2.45) is 11.3 Å². The summed E-state index contributed by atoms with van der Waals surface area (Å²) in [6.07, 6.45) is 4.77. The Bertz CT molecular complexity index is 308. The van der Waals surface area contributed by atoms with Crippen LogP contribution < -0.4 is 0 Å². The minimum absolute atomic E-state index is 0.0946. The van der Waals surface area contributed by atoms with Crippen LogP contribution in [0.4, 0.5) is 0 Å². The topological polar surface area (TPSA) is 34.1 Å². The van der Waals surface area contributed by atoms with Gasteiger partial charge in [0, 0.05) is 11.8 Å². The van der Waals surface area contributed by atoms with Gasteiger partial charge >= 0.3 is 0 Å². The van der Waals surface area contributed by atoms with Crippen LogP contribution in [0.1, 0.15) is 19.8 Å². The number of hydrogen-bond donors (Lipinski definition) is 0. The summed E-state index contributed by atoms with van der Waals surface area (Å²) in [7, 11) is 0. The Hall–Kier alpha value is -0.440. The van der Waals surface area contributed by atoms with Gasteiger partial charge in [-0.3, -0.25) is 9.59 Å². The van der Waals surface area contributed by atoms with Gasteiger partial charge in [-0.15, -0.1) is 0 Å². The Labute approximate surface area is 85.5 Å². The van der Waals surface area contributed by atoms with Crippen LogP contribution in [0.2, 0.25) is 0 Å². The lowest BCUT2D eigenvalue weighted by molar-refractivity contribution is -0.124.